The number of hydrogen-bond donors (Lipinski definition) is 1. The first-order chi connectivity index (χ1) is 15.2. The predicted octanol–water partition coefficient (Wildman–Crippen LogP) is 4.55. The minimum Gasteiger partial charge on any atom is -0.497 e. The van der Waals surface area contributed by atoms with Crippen LogP contribution in [0, 0.1) is 5.92 Å². The number of hydrogen-bond acceptors (Lipinski definition) is 4. The largest absolute Gasteiger partial charge is 0.497 e. The molecule has 1 fully saturated rings. The van der Waals surface area contributed by atoms with Gasteiger partial charge in [0, 0.05) is 23.9 Å². The van der Waals surface area contributed by atoms with Gasteiger partial charge in [-0.1, -0.05) is 40.5 Å². The second-order valence-corrected chi connectivity index (χ2v) is 9.56. The lowest BCUT2D eigenvalue weighted by atomic mass is 9.92. The molecule has 1 aromatic heterocycles. The molecule has 0 unspecified atom stereocenters. The Morgan fingerprint density at radius 2 is 1.88 bits per heavy atom. The molecule has 1 aromatic carbocycles. The molecule has 0 radical (unpaired) electrons. The van der Waals surface area contributed by atoms with Gasteiger partial charge in [0.15, 0.2) is 0 Å². The molecule has 7 nitrogen and oxygen atoms in total. The Hall–Kier alpha value is -2.83. The first-order valence-electron chi connectivity index (χ1n) is 11.6. The topological polar surface area (TPSA) is 76.5 Å². The van der Waals surface area contributed by atoms with E-state index in [0.717, 1.165) is 49.2 Å². The van der Waals surface area contributed by atoms with Crippen LogP contribution in [0.25, 0.3) is 5.69 Å². The quantitative estimate of drug-likeness (QED) is 0.550. The Balaban J connectivity index is 1.79. The zero-order chi connectivity index (χ0) is 23.3. The molecule has 0 aliphatic heterocycles. The van der Waals surface area contributed by atoms with E-state index in [-0.39, 0.29) is 29.7 Å². The monoisotopic (exact) mass is 440 g/mol. The van der Waals surface area contributed by atoms with Crippen molar-refractivity contribution in [2.45, 2.75) is 65.2 Å². The average molecular weight is 441 g/mol. The molecule has 1 heterocycles. The van der Waals surface area contributed by atoms with Gasteiger partial charge in [-0.05, 0) is 43.5 Å². The number of methoxy groups -OCH3 is 1. The van der Waals surface area contributed by atoms with Gasteiger partial charge < -0.3 is 15.0 Å². The fraction of sp³-hybridized carbons (Fsp3) is 0.560. The number of benzene rings is 1. The maximum Gasteiger partial charge on any atom is 0.245 e. The molecular weight excluding hydrogens is 404 g/mol. The van der Waals surface area contributed by atoms with Gasteiger partial charge in [0.25, 0.3) is 0 Å². The number of carbonyl (C=O) groups is 2. The lowest BCUT2D eigenvalue weighted by Crippen LogP contribution is -2.39. The summed E-state index contributed by atoms with van der Waals surface area (Å²) in [6.07, 6.45) is 4.91. The Morgan fingerprint density at radius 1 is 1.19 bits per heavy atom. The van der Waals surface area contributed by atoms with Crippen LogP contribution >= 0.6 is 0 Å². The third-order valence-corrected chi connectivity index (χ3v) is 5.67. The minimum atomic E-state index is -0.203. The zero-order valence-electron chi connectivity index (χ0n) is 20.0. The molecule has 32 heavy (non-hydrogen) atoms. The third-order valence-electron chi connectivity index (χ3n) is 5.67. The molecule has 1 saturated carbocycles. The summed E-state index contributed by atoms with van der Waals surface area (Å²) in [5.41, 5.74) is 1.52. The number of carbonyl (C=O) groups excluding carboxylic acids is 2. The molecule has 0 bridgehead atoms. The van der Waals surface area contributed by atoms with Gasteiger partial charge >= 0.3 is 0 Å². The Bertz CT molecular complexity index is 924. The van der Waals surface area contributed by atoms with Gasteiger partial charge in [-0.15, -0.1) is 0 Å². The molecule has 174 valence electrons. The maximum absolute atomic E-state index is 13.0. The number of anilines is 1. The number of rotatable bonds is 10. The van der Waals surface area contributed by atoms with Crippen molar-refractivity contribution in [1.29, 1.82) is 0 Å². The van der Waals surface area contributed by atoms with Crippen molar-refractivity contribution in [1.82, 2.24) is 14.7 Å². The number of nitrogens with zero attached hydrogens (tertiary/aromatic N) is 3. The summed E-state index contributed by atoms with van der Waals surface area (Å²) in [6, 6.07) is 9.45. The van der Waals surface area contributed by atoms with E-state index in [2.05, 4.69) is 33.0 Å². The summed E-state index contributed by atoms with van der Waals surface area (Å²) in [4.78, 5) is 27.4. The van der Waals surface area contributed by atoms with Crippen molar-refractivity contribution in [3.05, 3.63) is 36.0 Å². The van der Waals surface area contributed by atoms with Gasteiger partial charge in [0.05, 0.1) is 25.0 Å². The van der Waals surface area contributed by atoms with Crippen LogP contribution in [0.15, 0.2) is 30.3 Å². The van der Waals surface area contributed by atoms with Crippen molar-refractivity contribution < 1.29 is 14.3 Å². The predicted molar refractivity (Wildman–Crippen MR) is 126 cm³/mol. The van der Waals surface area contributed by atoms with Crippen LogP contribution in [0.3, 0.4) is 0 Å². The fourth-order valence-electron chi connectivity index (χ4n) is 3.52. The van der Waals surface area contributed by atoms with Crippen LogP contribution in [0.5, 0.6) is 5.75 Å². The van der Waals surface area contributed by atoms with E-state index in [1.807, 2.05) is 30.3 Å². The summed E-state index contributed by atoms with van der Waals surface area (Å²) < 4.78 is 6.99. The van der Waals surface area contributed by atoms with Gasteiger partial charge in [0.1, 0.15) is 11.6 Å². The zero-order valence-corrected chi connectivity index (χ0v) is 20.0. The van der Waals surface area contributed by atoms with Crippen LogP contribution in [0.1, 0.15) is 65.5 Å². The first-order valence-corrected chi connectivity index (χ1v) is 11.6. The van der Waals surface area contributed by atoms with E-state index in [1.54, 1.807) is 16.7 Å². The second-order valence-electron chi connectivity index (χ2n) is 9.56. The van der Waals surface area contributed by atoms with Gasteiger partial charge in [-0.25, -0.2) is 4.68 Å². The van der Waals surface area contributed by atoms with E-state index in [1.165, 1.54) is 0 Å². The lowest BCUT2D eigenvalue weighted by Gasteiger charge is -2.22. The summed E-state index contributed by atoms with van der Waals surface area (Å²) in [6.45, 7) is 9.08. The second kappa shape index (κ2) is 10.2. The Labute approximate surface area is 191 Å². The van der Waals surface area contributed by atoms with Crippen molar-refractivity contribution in [3.63, 3.8) is 0 Å². The standard InChI is InChI=1S/C25H36N4O3/c1-6-7-8-15-28(24(31)18-9-10-18)17-23(30)26-22-16-21(25(2,3)4)27-29(22)19-11-13-20(32-5)14-12-19/h11-14,16,18H,6-10,15,17H2,1-5H3,(H,26,30). The highest BCUT2D eigenvalue weighted by molar-refractivity contribution is 5.94. The SMILES string of the molecule is CCCCCN(CC(=O)Nc1cc(C(C)(C)C)nn1-c1ccc(OC)cc1)C(=O)C1CC1. The molecule has 0 spiro atoms. The summed E-state index contributed by atoms with van der Waals surface area (Å²) in [5, 5.41) is 7.76. The van der Waals surface area contributed by atoms with E-state index >= 15 is 0 Å². The van der Waals surface area contributed by atoms with Crippen LogP contribution in [0.4, 0.5) is 5.82 Å². The van der Waals surface area contributed by atoms with E-state index in [4.69, 9.17) is 9.84 Å². The molecule has 1 aliphatic carbocycles. The summed E-state index contributed by atoms with van der Waals surface area (Å²) in [7, 11) is 1.63. The highest BCUT2D eigenvalue weighted by atomic mass is 16.5. The molecule has 2 aromatic rings. The van der Waals surface area contributed by atoms with Crippen molar-refractivity contribution in [3.8, 4) is 11.4 Å². The number of amides is 2. The normalized spacial score (nSPS) is 13.7. The molecule has 2 amide bonds. The average Bonchev–Trinajstić information content (AvgIpc) is 3.52. The molecule has 7 heteroatoms. The highest BCUT2D eigenvalue weighted by Gasteiger charge is 2.34. The molecule has 0 atom stereocenters. The van der Waals surface area contributed by atoms with Gasteiger partial charge in [-0.3, -0.25) is 9.59 Å². The van der Waals surface area contributed by atoms with E-state index in [9.17, 15) is 9.59 Å². The van der Waals surface area contributed by atoms with Gasteiger partial charge in [0.2, 0.25) is 11.8 Å². The summed E-state index contributed by atoms with van der Waals surface area (Å²) in [5.74, 6) is 1.35. The number of ether oxygens (including phenoxy) is 1. The van der Waals surface area contributed by atoms with E-state index < -0.39 is 0 Å². The minimum absolute atomic E-state index is 0.0672. The van der Waals surface area contributed by atoms with Crippen LogP contribution < -0.4 is 10.1 Å². The number of unbranched alkanes of at least 4 members (excludes halogenated alkanes) is 2. The molecular formula is C25H36N4O3. The van der Waals surface area contributed by atoms with Gasteiger partial charge in [-0.2, -0.15) is 5.10 Å². The maximum atomic E-state index is 13.0. The molecule has 1 N–H and O–H groups in total. The smallest absolute Gasteiger partial charge is 0.245 e. The Kier molecular flexibility index (Phi) is 7.59. The Morgan fingerprint density at radius 3 is 2.44 bits per heavy atom. The number of aromatic nitrogens is 2. The number of nitrogens with one attached hydrogen (secondary N) is 1. The van der Waals surface area contributed by atoms with Crippen LogP contribution in [-0.2, 0) is 15.0 Å². The van der Waals surface area contributed by atoms with Crippen molar-refractivity contribution >= 4 is 17.6 Å². The van der Waals surface area contributed by atoms with Crippen molar-refractivity contribution in [2.75, 3.05) is 25.5 Å². The molecule has 3 rings (SSSR count). The van der Waals surface area contributed by atoms with Crippen molar-refractivity contribution in [2.24, 2.45) is 5.92 Å². The van der Waals surface area contributed by atoms with E-state index in [0.29, 0.717) is 12.4 Å². The van der Waals surface area contributed by atoms with Crippen LogP contribution in [-0.4, -0.2) is 46.7 Å². The fourth-order valence-corrected chi connectivity index (χ4v) is 3.52. The first kappa shape index (κ1) is 23.8. The third kappa shape index (κ3) is 6.11. The highest BCUT2D eigenvalue weighted by Crippen LogP contribution is 2.31. The van der Waals surface area contributed by atoms with Crippen LogP contribution in [0.2, 0.25) is 0 Å². The summed E-state index contributed by atoms with van der Waals surface area (Å²) >= 11 is 0. The lowest BCUT2D eigenvalue weighted by molar-refractivity contribution is -0.135. The molecule has 1 aliphatic rings. The molecule has 0 saturated heterocycles.